The first-order chi connectivity index (χ1) is 51.9. The van der Waals surface area contributed by atoms with Crippen LogP contribution < -0.4 is 69.4 Å². The molecule has 0 bridgehead atoms. The zero-order valence-electron chi connectivity index (χ0n) is 61.4. The topological polar surface area (TPSA) is 550 Å². The number of amides is 11. The largest absolute Gasteiger partial charge is 0.494 e. The number of nitrogens with one attached hydrogen (secondary N) is 12. The summed E-state index contributed by atoms with van der Waals surface area (Å²) in [5.41, 5.74) is 15.7. The summed E-state index contributed by atoms with van der Waals surface area (Å²) in [6.07, 6.45) is 0.303. The molecule has 0 fully saturated rings. The molecule has 0 aliphatic carbocycles. The van der Waals surface area contributed by atoms with Crippen molar-refractivity contribution in [2.45, 2.75) is 179 Å². The Balaban J connectivity index is 1.16. The third-order valence-corrected chi connectivity index (χ3v) is 17.4. The molecule has 0 unspecified atom stereocenters. The van der Waals surface area contributed by atoms with Crippen molar-refractivity contribution >= 4 is 70.9 Å². The molecule has 2 heterocycles. The molecule has 0 aliphatic rings. The molecule has 109 heavy (non-hydrogen) atoms. The van der Waals surface area contributed by atoms with Gasteiger partial charge in [-0.1, -0.05) is 90.0 Å². The number of carboxylic acids is 1. The summed E-state index contributed by atoms with van der Waals surface area (Å²) in [5, 5.41) is 79.3. The van der Waals surface area contributed by atoms with E-state index in [4.69, 9.17) is 16.2 Å². The number of aromatic nitrogens is 6. The Morgan fingerprint density at radius 2 is 1.28 bits per heavy atom. The van der Waals surface area contributed by atoms with E-state index >= 15 is 4.39 Å². The smallest absolute Gasteiger partial charge is 0.305 e. The van der Waals surface area contributed by atoms with Gasteiger partial charge < -0.3 is 94.8 Å². The number of aryl methyl sites for hydroxylation is 5. The minimum Gasteiger partial charge on any atom is -0.494 e. The molecule has 36 heteroatoms. The van der Waals surface area contributed by atoms with Crippen LogP contribution in [0.15, 0.2) is 97.5 Å². The molecule has 0 aliphatic heterocycles. The lowest BCUT2D eigenvalue weighted by Gasteiger charge is -2.34. The lowest BCUT2D eigenvalue weighted by molar-refractivity contribution is -0.142. The number of nitrogens with zero attached hydrogens (tertiary/aromatic N) is 4. The molecule has 35 nitrogen and oxygen atoms in total. The first-order valence-corrected chi connectivity index (χ1v) is 35.4. The van der Waals surface area contributed by atoms with Crippen LogP contribution in [0.5, 0.6) is 5.75 Å². The highest BCUT2D eigenvalue weighted by molar-refractivity contribution is 6.00. The zero-order valence-corrected chi connectivity index (χ0v) is 61.4. The molecule has 0 spiro atoms. The van der Waals surface area contributed by atoms with Crippen molar-refractivity contribution in [2.24, 2.45) is 11.5 Å². The lowest BCUT2D eigenvalue weighted by Crippen LogP contribution is -2.67. The first-order valence-electron chi connectivity index (χ1n) is 35.4. The molecular formula is C73H97FN18O17. The highest BCUT2D eigenvalue weighted by Crippen LogP contribution is 2.29. The Morgan fingerprint density at radius 1 is 0.651 bits per heavy atom. The number of unbranched alkanes of at least 4 members (excludes halogenated alkanes) is 1. The van der Waals surface area contributed by atoms with Crippen LogP contribution in [0.4, 0.5) is 4.39 Å². The van der Waals surface area contributed by atoms with Crippen LogP contribution in [-0.2, 0) is 96.1 Å². The molecule has 0 saturated carbocycles. The van der Waals surface area contributed by atoms with E-state index in [2.05, 4.69) is 83.8 Å². The Kier molecular flexibility index (Phi) is 33.8. The molecule has 2 aromatic heterocycles. The summed E-state index contributed by atoms with van der Waals surface area (Å²) in [6.45, 7) is 7.33. The number of halogens is 1. The number of rotatable bonds is 45. The van der Waals surface area contributed by atoms with Crippen LogP contribution in [0.1, 0.15) is 111 Å². The number of aliphatic hydroxyl groups excluding tert-OH is 3. The Morgan fingerprint density at radius 3 is 1.91 bits per heavy atom. The van der Waals surface area contributed by atoms with Crippen molar-refractivity contribution in [2.75, 3.05) is 32.8 Å². The molecule has 0 saturated heterocycles. The fourth-order valence-corrected chi connectivity index (χ4v) is 11.6. The van der Waals surface area contributed by atoms with Gasteiger partial charge in [-0.25, -0.2) is 9.37 Å². The van der Waals surface area contributed by atoms with Gasteiger partial charge in [0.15, 0.2) is 5.82 Å². The van der Waals surface area contributed by atoms with E-state index in [1.54, 1.807) is 24.3 Å². The third kappa shape index (κ3) is 27.9. The average Bonchev–Trinajstić information content (AvgIpc) is 1.48. The van der Waals surface area contributed by atoms with E-state index in [0.717, 1.165) is 73.1 Å². The van der Waals surface area contributed by atoms with Gasteiger partial charge in [-0.3, -0.25) is 57.5 Å². The number of ether oxygens (including phenoxy) is 1. The molecular weight excluding hydrogens is 1420 g/mol. The van der Waals surface area contributed by atoms with Crippen molar-refractivity contribution in [1.29, 1.82) is 0 Å². The Labute approximate surface area is 627 Å². The Bertz CT molecular complexity index is 4070. The van der Waals surface area contributed by atoms with E-state index in [-0.39, 0.29) is 43.5 Å². The standard InChI is InChI=1S/C73H97FN18O17/c1-7-46-31-50(109-26-11-10-25-75)22-23-51(46)47-19-17-44(18-20-47)30-54(67(103)82-53(65(76)101)16-12-13-45-28-40(2)27-41(3)29-45)83-68(104)56(33-62(99)100)84-69(105)57(38-93)85-70(106)63(42(4)94)87-72(108)73(6,34-48-14-8-9-15-52(48)74)88-71(107)64(43(5)95)86-61(98)37-79-66(102)55(32-58-89-91-92-90-58)81-60(97)36-78-59(96)24-21-49-35-77-39-80-49/h8-9,14-15,17-20,22-23,27-29,31,35,39,42-43,53-57,63-64,93-95H,7,10-13,16,21,24-26,30,32-34,36-38,75H2,1-6H3,(H2,76,101)(H,77,80)(H,78,96)(H,79,102)(H,81,97)(H,82,103)(H,83,104)(H,84,105)(H,85,106)(H,86,98)(H,87,108)(H,88,107)(H,99,100)(H,89,90,91,92)/t42-,43-,53+,54+,55+,56+,57+,63+,64+,73+/m1/s1. The molecule has 11 amide bonds. The Hall–Kier alpha value is -11.6. The maximum Gasteiger partial charge on any atom is 0.305 e. The predicted octanol–water partition coefficient (Wildman–Crippen LogP) is -2.08. The van der Waals surface area contributed by atoms with Gasteiger partial charge in [0.25, 0.3) is 0 Å². The summed E-state index contributed by atoms with van der Waals surface area (Å²) in [4.78, 5) is 171. The highest BCUT2D eigenvalue weighted by atomic mass is 19.1. The second-order valence-electron chi connectivity index (χ2n) is 26.5. The number of aliphatic carboxylic acids is 1. The number of tetrazole rings is 1. The maximum atomic E-state index is 15.5. The van der Waals surface area contributed by atoms with Gasteiger partial charge >= 0.3 is 5.97 Å². The van der Waals surface area contributed by atoms with Gasteiger partial charge in [-0.2, -0.15) is 5.21 Å². The number of nitrogens with two attached hydrogens (primary N) is 2. The summed E-state index contributed by atoms with van der Waals surface area (Å²) in [5.74, 6) is -13.8. The normalized spacial score (nSPS) is 14.2. The van der Waals surface area contributed by atoms with E-state index in [1.165, 1.54) is 30.7 Å². The van der Waals surface area contributed by atoms with Crippen molar-refractivity contribution in [3.8, 4) is 16.9 Å². The number of carbonyl (C=O) groups is 12. The quantitative estimate of drug-likeness (QED) is 0.0183. The van der Waals surface area contributed by atoms with Gasteiger partial charge in [0.2, 0.25) is 65.0 Å². The van der Waals surface area contributed by atoms with E-state index in [9.17, 15) is 78.0 Å². The summed E-state index contributed by atoms with van der Waals surface area (Å²) < 4.78 is 21.4. The summed E-state index contributed by atoms with van der Waals surface area (Å²) >= 11 is 0. The molecule has 6 rings (SSSR count). The molecule has 4 aromatic carbocycles. The van der Waals surface area contributed by atoms with Crippen molar-refractivity contribution in [3.63, 3.8) is 0 Å². The minimum absolute atomic E-state index is 0.00616. The van der Waals surface area contributed by atoms with E-state index in [1.807, 2.05) is 57.2 Å². The molecule has 6 aromatic rings. The van der Waals surface area contributed by atoms with Crippen LogP contribution in [0.3, 0.4) is 0 Å². The van der Waals surface area contributed by atoms with Gasteiger partial charge in [0.1, 0.15) is 59.4 Å². The second-order valence-corrected chi connectivity index (χ2v) is 26.5. The zero-order chi connectivity index (χ0) is 79.9. The van der Waals surface area contributed by atoms with Gasteiger partial charge in [-0.15, -0.1) is 10.2 Å². The number of primary amides is 1. The lowest BCUT2D eigenvalue weighted by atomic mass is 9.90. The van der Waals surface area contributed by atoms with Crippen molar-refractivity contribution < 1.29 is 87.1 Å². The number of aromatic amines is 2. The number of H-pyrrole nitrogens is 2. The second kappa shape index (κ2) is 42.6. The van der Waals surface area contributed by atoms with Crippen LogP contribution in [0, 0.1) is 19.7 Å². The first kappa shape index (κ1) is 86.3. The summed E-state index contributed by atoms with van der Waals surface area (Å²) in [7, 11) is 0. The minimum atomic E-state index is -2.39. The van der Waals surface area contributed by atoms with Crippen LogP contribution in [0.2, 0.25) is 0 Å². The van der Waals surface area contributed by atoms with Crippen LogP contribution >= 0.6 is 0 Å². The highest BCUT2D eigenvalue weighted by Gasteiger charge is 2.43. The molecule has 20 N–H and O–H groups in total. The predicted molar refractivity (Wildman–Crippen MR) is 390 cm³/mol. The number of imidazole rings is 1. The van der Waals surface area contributed by atoms with Crippen molar-refractivity contribution in [3.05, 3.63) is 148 Å². The van der Waals surface area contributed by atoms with Gasteiger partial charge in [0.05, 0.1) is 51.3 Å². The van der Waals surface area contributed by atoms with Gasteiger partial charge in [-0.05, 0) is 138 Å². The fraction of sp³-hybridized carbons (Fsp3) is 0.452. The van der Waals surface area contributed by atoms with Crippen LogP contribution in [0.25, 0.3) is 11.1 Å². The van der Waals surface area contributed by atoms with Crippen molar-refractivity contribution in [1.82, 2.24) is 83.8 Å². The molecule has 10 atom stereocenters. The number of carbonyl (C=O) groups excluding carboxylic acids is 11. The number of hydrogen-bond acceptors (Lipinski definition) is 21. The van der Waals surface area contributed by atoms with Gasteiger partial charge in [0, 0.05) is 37.6 Å². The van der Waals surface area contributed by atoms with Crippen LogP contribution in [-0.4, -0.2) is 215 Å². The van der Waals surface area contributed by atoms with E-state index in [0.29, 0.717) is 49.4 Å². The number of hydrogen-bond donors (Lipinski definition) is 18. The maximum absolute atomic E-state index is 15.5. The molecule has 0 radical (unpaired) electrons. The SMILES string of the molecule is CCc1cc(OCCCCN)ccc1-c1ccc(C[C@H](NC(=O)[C@H](CC(=O)O)NC(=O)[C@H](CO)NC(=O)[C@@H](NC(=O)[C@](C)(Cc2ccccc2F)NC(=O)[C@@H](NC(=O)CNC(=O)[C@H](Cc2nn[nH]n2)NC(=O)CNC(=O)CCc2cnc[nH]2)[C@@H](C)O)[C@@H](C)O)C(=O)N[C@@H](CCCc2cc(C)cc(C)c2)C(N)=O)cc1. The number of carboxylic acid groups (broad SMARTS) is 1. The monoisotopic (exact) mass is 1520 g/mol. The number of aliphatic hydroxyl groups is 3. The molecule has 588 valence electrons. The average molecular weight is 1520 g/mol. The van der Waals surface area contributed by atoms with E-state index < -0.39 is 169 Å². The fourth-order valence-electron chi connectivity index (χ4n) is 11.6. The third-order valence-electron chi connectivity index (χ3n) is 17.4. The number of benzene rings is 4. The summed E-state index contributed by atoms with van der Waals surface area (Å²) in [6, 6.07) is 11.2.